The summed E-state index contributed by atoms with van der Waals surface area (Å²) < 4.78 is 21.1. The maximum absolute atomic E-state index is 10.5. The first kappa shape index (κ1) is 19.3. The number of sulfone groups is 1. The molecular weight excluding hydrogens is 234 g/mol. The standard InChI is InChI=1S/C7H17N.C6H14O2S/c1-7(2)5-6-8(3)4;1-6(2)4-5-9(3,7)8/h7H,5-6H2,1-4H3;6H,4-5H2,1-3H3. The molecule has 0 saturated heterocycles. The average molecular weight is 265 g/mol. The summed E-state index contributed by atoms with van der Waals surface area (Å²) in [6.07, 6.45) is 3.36. The lowest BCUT2D eigenvalue weighted by molar-refractivity contribution is 0.369. The predicted octanol–water partition coefficient (Wildman–Crippen LogP) is 2.67. The van der Waals surface area contributed by atoms with Crippen molar-refractivity contribution in [2.24, 2.45) is 11.8 Å². The molecular formula is C13H31NO2S. The molecule has 17 heavy (non-hydrogen) atoms. The lowest BCUT2D eigenvalue weighted by Crippen LogP contribution is -2.14. The van der Waals surface area contributed by atoms with E-state index in [1.54, 1.807) is 0 Å². The molecule has 0 unspecified atom stereocenters. The minimum absolute atomic E-state index is 0.324. The second-order valence-electron chi connectivity index (χ2n) is 5.80. The Labute approximate surface area is 109 Å². The van der Waals surface area contributed by atoms with Gasteiger partial charge < -0.3 is 4.90 Å². The molecule has 0 atom stereocenters. The van der Waals surface area contributed by atoms with Crippen molar-refractivity contribution in [2.75, 3.05) is 32.6 Å². The van der Waals surface area contributed by atoms with Crippen molar-refractivity contribution in [3.8, 4) is 0 Å². The van der Waals surface area contributed by atoms with Gasteiger partial charge in [-0.15, -0.1) is 0 Å². The second-order valence-corrected chi connectivity index (χ2v) is 8.06. The predicted molar refractivity (Wildman–Crippen MR) is 77.2 cm³/mol. The first-order valence-corrected chi connectivity index (χ1v) is 8.43. The zero-order valence-electron chi connectivity index (χ0n) is 12.7. The summed E-state index contributed by atoms with van der Waals surface area (Å²) in [5.74, 6) is 1.65. The normalized spacial score (nSPS) is 11.9. The SMILES string of the molecule is CC(C)CCN(C)C.CC(C)CCS(C)(=O)=O. The van der Waals surface area contributed by atoms with Crippen molar-refractivity contribution in [1.82, 2.24) is 4.90 Å². The van der Waals surface area contributed by atoms with Crippen LogP contribution >= 0.6 is 0 Å². The van der Waals surface area contributed by atoms with Crippen LogP contribution in [0.25, 0.3) is 0 Å². The molecule has 0 spiro atoms. The van der Waals surface area contributed by atoms with Crippen molar-refractivity contribution in [1.29, 1.82) is 0 Å². The van der Waals surface area contributed by atoms with Crippen LogP contribution in [0.4, 0.5) is 0 Å². The Kier molecular flexibility index (Phi) is 11.2. The highest BCUT2D eigenvalue weighted by atomic mass is 32.2. The molecule has 0 radical (unpaired) electrons. The van der Waals surface area contributed by atoms with Gasteiger partial charge in [0, 0.05) is 6.26 Å². The van der Waals surface area contributed by atoms with E-state index >= 15 is 0 Å². The summed E-state index contributed by atoms with van der Waals surface area (Å²) in [7, 11) is 1.51. The monoisotopic (exact) mass is 265 g/mol. The Morgan fingerprint density at radius 1 is 0.941 bits per heavy atom. The van der Waals surface area contributed by atoms with E-state index in [0.717, 1.165) is 12.3 Å². The van der Waals surface area contributed by atoms with Gasteiger partial charge in [-0.3, -0.25) is 0 Å². The van der Waals surface area contributed by atoms with Crippen LogP contribution in [0.5, 0.6) is 0 Å². The zero-order valence-corrected chi connectivity index (χ0v) is 13.5. The van der Waals surface area contributed by atoms with Gasteiger partial charge in [0.05, 0.1) is 5.75 Å². The first-order chi connectivity index (χ1) is 7.54. The topological polar surface area (TPSA) is 37.4 Å². The Morgan fingerprint density at radius 3 is 1.47 bits per heavy atom. The fourth-order valence-electron chi connectivity index (χ4n) is 0.966. The van der Waals surface area contributed by atoms with Gasteiger partial charge in [0.2, 0.25) is 0 Å². The summed E-state index contributed by atoms with van der Waals surface area (Å²) >= 11 is 0. The quantitative estimate of drug-likeness (QED) is 0.741. The molecule has 0 saturated carbocycles. The summed E-state index contributed by atoms with van der Waals surface area (Å²) in [5, 5.41) is 0. The molecule has 0 N–H and O–H groups in total. The average Bonchev–Trinajstić information content (AvgIpc) is 2.11. The van der Waals surface area contributed by atoms with Crippen LogP contribution in [-0.2, 0) is 9.84 Å². The van der Waals surface area contributed by atoms with E-state index in [-0.39, 0.29) is 0 Å². The van der Waals surface area contributed by atoms with E-state index in [2.05, 4.69) is 32.8 Å². The zero-order chi connectivity index (χ0) is 14.1. The molecule has 0 aliphatic rings. The molecule has 0 aromatic heterocycles. The lowest BCUT2D eigenvalue weighted by Gasteiger charge is -2.10. The molecule has 0 bridgehead atoms. The van der Waals surface area contributed by atoms with Crippen LogP contribution < -0.4 is 0 Å². The van der Waals surface area contributed by atoms with Gasteiger partial charge in [-0.1, -0.05) is 27.7 Å². The summed E-state index contributed by atoms with van der Waals surface area (Å²) in [6, 6.07) is 0. The molecule has 0 rings (SSSR count). The van der Waals surface area contributed by atoms with Crippen molar-refractivity contribution in [3.05, 3.63) is 0 Å². The van der Waals surface area contributed by atoms with Crippen molar-refractivity contribution in [2.45, 2.75) is 40.5 Å². The number of hydrogen-bond acceptors (Lipinski definition) is 3. The third-order valence-corrected chi connectivity index (χ3v) is 3.20. The van der Waals surface area contributed by atoms with Gasteiger partial charge in [0.25, 0.3) is 0 Å². The Hall–Kier alpha value is -0.0900. The van der Waals surface area contributed by atoms with Crippen LogP contribution in [0.1, 0.15) is 40.5 Å². The molecule has 0 aliphatic carbocycles. The minimum Gasteiger partial charge on any atom is -0.309 e. The van der Waals surface area contributed by atoms with E-state index in [4.69, 9.17) is 0 Å². The van der Waals surface area contributed by atoms with Gasteiger partial charge in [0.1, 0.15) is 9.84 Å². The number of nitrogens with zero attached hydrogens (tertiary/aromatic N) is 1. The van der Waals surface area contributed by atoms with Crippen molar-refractivity contribution in [3.63, 3.8) is 0 Å². The van der Waals surface area contributed by atoms with Crippen LogP contribution in [0, 0.1) is 11.8 Å². The lowest BCUT2D eigenvalue weighted by atomic mass is 10.1. The fraction of sp³-hybridized carbons (Fsp3) is 1.00. The summed E-state index contributed by atoms with van der Waals surface area (Å²) in [4.78, 5) is 2.22. The summed E-state index contributed by atoms with van der Waals surface area (Å²) in [5.41, 5.74) is 0. The number of hydrogen-bond donors (Lipinski definition) is 0. The minimum atomic E-state index is -2.72. The molecule has 0 aromatic carbocycles. The van der Waals surface area contributed by atoms with Gasteiger partial charge >= 0.3 is 0 Å². The maximum Gasteiger partial charge on any atom is 0.147 e. The fourth-order valence-corrected chi connectivity index (χ4v) is 1.87. The van der Waals surface area contributed by atoms with Crippen LogP contribution in [-0.4, -0.2) is 46.0 Å². The van der Waals surface area contributed by atoms with E-state index < -0.39 is 9.84 Å². The van der Waals surface area contributed by atoms with E-state index in [1.807, 2.05) is 13.8 Å². The third kappa shape index (κ3) is 25.9. The number of rotatable bonds is 6. The van der Waals surface area contributed by atoms with Gasteiger partial charge in [-0.25, -0.2) is 8.42 Å². The van der Waals surface area contributed by atoms with Gasteiger partial charge in [-0.05, 0) is 45.3 Å². The molecule has 106 valence electrons. The van der Waals surface area contributed by atoms with Crippen LogP contribution in [0.2, 0.25) is 0 Å². The van der Waals surface area contributed by atoms with Crippen LogP contribution in [0.15, 0.2) is 0 Å². The van der Waals surface area contributed by atoms with E-state index in [9.17, 15) is 8.42 Å². The van der Waals surface area contributed by atoms with Crippen LogP contribution in [0.3, 0.4) is 0 Å². The maximum atomic E-state index is 10.5. The summed E-state index contributed by atoms with van der Waals surface area (Å²) in [6.45, 7) is 9.76. The second kappa shape index (κ2) is 9.89. The molecule has 0 amide bonds. The largest absolute Gasteiger partial charge is 0.309 e. The highest BCUT2D eigenvalue weighted by molar-refractivity contribution is 7.90. The third-order valence-electron chi connectivity index (χ3n) is 2.22. The van der Waals surface area contributed by atoms with Crippen molar-refractivity contribution >= 4 is 9.84 Å². The van der Waals surface area contributed by atoms with E-state index in [0.29, 0.717) is 11.7 Å². The highest BCUT2D eigenvalue weighted by Crippen LogP contribution is 2.00. The molecule has 4 heteroatoms. The van der Waals surface area contributed by atoms with E-state index in [1.165, 1.54) is 19.2 Å². The molecule has 0 heterocycles. The van der Waals surface area contributed by atoms with Gasteiger partial charge in [-0.2, -0.15) is 0 Å². The Morgan fingerprint density at radius 2 is 1.35 bits per heavy atom. The Bertz CT molecular complexity index is 249. The first-order valence-electron chi connectivity index (χ1n) is 6.37. The molecule has 3 nitrogen and oxygen atoms in total. The smallest absolute Gasteiger partial charge is 0.147 e. The molecule has 0 aromatic rings. The highest BCUT2D eigenvalue weighted by Gasteiger charge is 2.02. The van der Waals surface area contributed by atoms with Gasteiger partial charge in [0.15, 0.2) is 0 Å². The molecule has 0 fully saturated rings. The van der Waals surface area contributed by atoms with Crippen molar-refractivity contribution < 1.29 is 8.42 Å². The molecule has 0 aliphatic heterocycles. The Balaban J connectivity index is 0.